The molecule has 104 valence electrons. The highest BCUT2D eigenvalue weighted by Crippen LogP contribution is 2.32. The molecule has 18 heavy (non-hydrogen) atoms. The number of hydrogen-bond acceptors (Lipinski definition) is 3. The number of amidine groups is 1. The van der Waals surface area contributed by atoms with Crippen LogP contribution >= 0.6 is 0 Å². The lowest BCUT2D eigenvalue weighted by Gasteiger charge is -2.39. The summed E-state index contributed by atoms with van der Waals surface area (Å²) >= 11 is 0. The molecule has 0 bridgehead atoms. The fourth-order valence-corrected chi connectivity index (χ4v) is 2.48. The zero-order chi connectivity index (χ0) is 13.8. The predicted molar refractivity (Wildman–Crippen MR) is 71.4 cm³/mol. The van der Waals surface area contributed by atoms with Crippen molar-refractivity contribution < 1.29 is 10.0 Å². The lowest BCUT2D eigenvalue weighted by molar-refractivity contribution is -0.123. The van der Waals surface area contributed by atoms with Gasteiger partial charge in [0.2, 0.25) is 5.91 Å². The van der Waals surface area contributed by atoms with Crippen LogP contribution < -0.4 is 11.1 Å². The summed E-state index contributed by atoms with van der Waals surface area (Å²) in [5, 5.41) is 15.0. The van der Waals surface area contributed by atoms with Gasteiger partial charge in [-0.1, -0.05) is 25.9 Å². The van der Waals surface area contributed by atoms with Crippen molar-refractivity contribution >= 4 is 11.7 Å². The van der Waals surface area contributed by atoms with Gasteiger partial charge in [-0.25, -0.2) is 0 Å². The van der Waals surface area contributed by atoms with Crippen LogP contribution in [0.25, 0.3) is 0 Å². The Labute approximate surface area is 109 Å². The van der Waals surface area contributed by atoms with Crippen LogP contribution in [0.2, 0.25) is 0 Å². The minimum atomic E-state index is -0.646. The van der Waals surface area contributed by atoms with E-state index >= 15 is 0 Å². The fourth-order valence-electron chi connectivity index (χ4n) is 2.48. The van der Waals surface area contributed by atoms with Crippen LogP contribution in [0.15, 0.2) is 5.16 Å². The highest BCUT2D eigenvalue weighted by atomic mass is 16.4. The van der Waals surface area contributed by atoms with E-state index in [1.165, 1.54) is 0 Å². The molecule has 0 spiro atoms. The Bertz CT molecular complexity index is 318. The Morgan fingerprint density at radius 1 is 1.50 bits per heavy atom. The van der Waals surface area contributed by atoms with Crippen molar-refractivity contribution in [3.63, 3.8) is 0 Å². The number of nitrogens with one attached hydrogen (secondary N) is 1. The molecule has 0 heterocycles. The van der Waals surface area contributed by atoms with Crippen LogP contribution in [-0.2, 0) is 4.79 Å². The van der Waals surface area contributed by atoms with Gasteiger partial charge in [0.25, 0.3) is 0 Å². The predicted octanol–water partition coefficient (Wildman–Crippen LogP) is 1.84. The van der Waals surface area contributed by atoms with Crippen molar-refractivity contribution in [3.05, 3.63) is 0 Å². The van der Waals surface area contributed by atoms with E-state index in [4.69, 9.17) is 10.9 Å². The van der Waals surface area contributed by atoms with Crippen molar-refractivity contribution in [1.82, 2.24) is 5.32 Å². The monoisotopic (exact) mass is 255 g/mol. The SMILES string of the molecule is CC(C)CC(=O)NC1(/C(N)=N/O)CCC(C)CC1. The Morgan fingerprint density at radius 3 is 2.50 bits per heavy atom. The largest absolute Gasteiger partial charge is 0.409 e. The van der Waals surface area contributed by atoms with Crippen LogP contribution in [-0.4, -0.2) is 22.5 Å². The average Bonchev–Trinajstić information content (AvgIpc) is 2.30. The van der Waals surface area contributed by atoms with E-state index in [2.05, 4.69) is 17.4 Å². The number of hydrogen-bond donors (Lipinski definition) is 3. The van der Waals surface area contributed by atoms with Crippen LogP contribution in [0.1, 0.15) is 52.9 Å². The molecule has 0 atom stereocenters. The molecule has 1 aliphatic rings. The summed E-state index contributed by atoms with van der Waals surface area (Å²) in [7, 11) is 0. The highest BCUT2D eigenvalue weighted by Gasteiger charge is 2.39. The smallest absolute Gasteiger partial charge is 0.221 e. The number of nitrogens with two attached hydrogens (primary N) is 1. The lowest BCUT2D eigenvalue weighted by atomic mass is 9.76. The van der Waals surface area contributed by atoms with Crippen LogP contribution in [0, 0.1) is 11.8 Å². The molecule has 5 heteroatoms. The van der Waals surface area contributed by atoms with Crippen LogP contribution in [0.5, 0.6) is 0 Å². The molecule has 0 aromatic rings. The van der Waals surface area contributed by atoms with Gasteiger partial charge in [-0.3, -0.25) is 4.79 Å². The second kappa shape index (κ2) is 6.07. The molecule has 0 aromatic carbocycles. The molecule has 0 aromatic heterocycles. The second-order valence-electron chi connectivity index (χ2n) is 5.90. The summed E-state index contributed by atoms with van der Waals surface area (Å²) in [6.45, 7) is 6.18. The lowest BCUT2D eigenvalue weighted by Crippen LogP contribution is -2.59. The van der Waals surface area contributed by atoms with Crippen molar-refractivity contribution in [2.24, 2.45) is 22.7 Å². The van der Waals surface area contributed by atoms with Gasteiger partial charge < -0.3 is 16.3 Å². The van der Waals surface area contributed by atoms with E-state index in [0.717, 1.165) is 25.7 Å². The van der Waals surface area contributed by atoms with E-state index in [9.17, 15) is 4.79 Å². The normalized spacial score (nSPS) is 29.3. The zero-order valence-corrected chi connectivity index (χ0v) is 11.6. The van der Waals surface area contributed by atoms with E-state index in [1.54, 1.807) is 0 Å². The number of nitrogens with zero attached hydrogens (tertiary/aromatic N) is 1. The zero-order valence-electron chi connectivity index (χ0n) is 11.6. The number of carbonyl (C=O) groups is 1. The van der Waals surface area contributed by atoms with E-state index in [1.807, 2.05) is 13.8 Å². The van der Waals surface area contributed by atoms with Gasteiger partial charge in [0, 0.05) is 6.42 Å². The number of amides is 1. The number of oxime groups is 1. The van der Waals surface area contributed by atoms with E-state index < -0.39 is 5.54 Å². The molecule has 5 nitrogen and oxygen atoms in total. The molecular formula is C13H25N3O2. The summed E-state index contributed by atoms with van der Waals surface area (Å²) in [6.07, 6.45) is 3.92. The van der Waals surface area contributed by atoms with E-state index in [0.29, 0.717) is 18.3 Å². The summed E-state index contributed by atoms with van der Waals surface area (Å²) in [4.78, 5) is 11.9. The molecule has 4 N–H and O–H groups in total. The molecule has 0 radical (unpaired) electrons. The quantitative estimate of drug-likeness (QED) is 0.310. The summed E-state index contributed by atoms with van der Waals surface area (Å²) in [6, 6.07) is 0. The molecule has 0 aliphatic heterocycles. The summed E-state index contributed by atoms with van der Waals surface area (Å²) in [5.74, 6) is 1.04. The minimum absolute atomic E-state index is 0.0221. The van der Waals surface area contributed by atoms with Crippen molar-refractivity contribution in [3.8, 4) is 0 Å². The maximum atomic E-state index is 11.9. The molecule has 1 fully saturated rings. The third-order valence-corrected chi connectivity index (χ3v) is 3.70. The topological polar surface area (TPSA) is 87.7 Å². The first-order chi connectivity index (χ1) is 8.39. The molecule has 1 saturated carbocycles. The molecule has 1 amide bonds. The van der Waals surface area contributed by atoms with Gasteiger partial charge in [0.15, 0.2) is 5.84 Å². The Hall–Kier alpha value is -1.26. The van der Waals surface area contributed by atoms with Gasteiger partial charge in [-0.05, 0) is 37.5 Å². The third kappa shape index (κ3) is 3.62. The highest BCUT2D eigenvalue weighted by molar-refractivity contribution is 5.94. The maximum Gasteiger partial charge on any atom is 0.221 e. The molecule has 0 saturated heterocycles. The standard InChI is InChI=1S/C13H25N3O2/c1-9(2)8-11(17)15-13(12(14)16-18)6-4-10(3)5-7-13/h9-10,18H,4-8H2,1-3H3,(H2,14,16)(H,15,17). The second-order valence-corrected chi connectivity index (χ2v) is 5.90. The minimum Gasteiger partial charge on any atom is -0.409 e. The van der Waals surface area contributed by atoms with Gasteiger partial charge in [0.1, 0.15) is 5.54 Å². The van der Waals surface area contributed by atoms with Crippen molar-refractivity contribution in [2.45, 2.75) is 58.4 Å². The average molecular weight is 255 g/mol. The summed E-state index contributed by atoms with van der Waals surface area (Å²) < 4.78 is 0. The Kier molecular flexibility index (Phi) is 4.99. The molecule has 1 rings (SSSR count). The van der Waals surface area contributed by atoms with Crippen molar-refractivity contribution in [1.29, 1.82) is 0 Å². The fraction of sp³-hybridized carbons (Fsp3) is 0.846. The number of rotatable bonds is 4. The molecule has 1 aliphatic carbocycles. The van der Waals surface area contributed by atoms with Gasteiger partial charge >= 0.3 is 0 Å². The van der Waals surface area contributed by atoms with Crippen LogP contribution in [0.3, 0.4) is 0 Å². The Morgan fingerprint density at radius 2 is 2.06 bits per heavy atom. The van der Waals surface area contributed by atoms with E-state index in [-0.39, 0.29) is 11.7 Å². The molecule has 0 unspecified atom stereocenters. The first-order valence-corrected chi connectivity index (χ1v) is 6.68. The molecular weight excluding hydrogens is 230 g/mol. The third-order valence-electron chi connectivity index (χ3n) is 3.70. The summed E-state index contributed by atoms with van der Waals surface area (Å²) in [5.41, 5.74) is 5.15. The number of carbonyl (C=O) groups excluding carboxylic acids is 1. The first kappa shape index (κ1) is 14.8. The Balaban J connectivity index is 2.76. The maximum absolute atomic E-state index is 11.9. The van der Waals surface area contributed by atoms with Gasteiger partial charge in [0.05, 0.1) is 0 Å². The van der Waals surface area contributed by atoms with Gasteiger partial charge in [-0.15, -0.1) is 0 Å². The van der Waals surface area contributed by atoms with Gasteiger partial charge in [-0.2, -0.15) is 0 Å². The van der Waals surface area contributed by atoms with Crippen LogP contribution in [0.4, 0.5) is 0 Å². The first-order valence-electron chi connectivity index (χ1n) is 6.68. The van der Waals surface area contributed by atoms with Crippen molar-refractivity contribution in [2.75, 3.05) is 0 Å².